The lowest BCUT2D eigenvalue weighted by molar-refractivity contribution is -0.122. The molecule has 0 aliphatic heterocycles. The standard InChI is InChI=1S/C21H25ClN2O3/c1-26-20-12-16(13-23-10-11-24-21(25)17-5-6-17)4-9-19(20)27-14-15-2-7-18(22)8-3-15/h2-4,7-9,12,17,23H,5-6,10-11,13-14H2,1H3,(H,24,25). The van der Waals surface area contributed by atoms with Crippen LogP contribution in [0, 0.1) is 5.92 Å². The summed E-state index contributed by atoms with van der Waals surface area (Å²) in [6, 6.07) is 13.5. The van der Waals surface area contributed by atoms with E-state index in [-0.39, 0.29) is 11.8 Å². The Hall–Kier alpha value is -2.24. The molecule has 0 unspecified atom stereocenters. The number of benzene rings is 2. The van der Waals surface area contributed by atoms with Gasteiger partial charge in [-0.1, -0.05) is 29.8 Å². The zero-order chi connectivity index (χ0) is 19.1. The molecule has 1 saturated carbocycles. The van der Waals surface area contributed by atoms with E-state index in [2.05, 4.69) is 10.6 Å². The van der Waals surface area contributed by atoms with E-state index in [1.165, 1.54) is 0 Å². The molecule has 27 heavy (non-hydrogen) atoms. The second-order valence-corrected chi connectivity index (χ2v) is 7.08. The first-order valence-corrected chi connectivity index (χ1v) is 9.56. The first-order valence-electron chi connectivity index (χ1n) is 9.18. The van der Waals surface area contributed by atoms with Crippen molar-refractivity contribution < 1.29 is 14.3 Å². The number of halogens is 1. The third-order valence-corrected chi connectivity index (χ3v) is 4.67. The Morgan fingerprint density at radius 3 is 2.52 bits per heavy atom. The van der Waals surface area contributed by atoms with Crippen LogP contribution in [0.1, 0.15) is 24.0 Å². The van der Waals surface area contributed by atoms with Crippen LogP contribution in [0.5, 0.6) is 11.5 Å². The molecular formula is C21H25ClN2O3. The second kappa shape index (κ2) is 9.62. The van der Waals surface area contributed by atoms with Crippen LogP contribution in [0.4, 0.5) is 0 Å². The van der Waals surface area contributed by atoms with Crippen LogP contribution < -0.4 is 20.1 Å². The van der Waals surface area contributed by atoms with Gasteiger partial charge in [0.15, 0.2) is 11.5 Å². The van der Waals surface area contributed by atoms with E-state index < -0.39 is 0 Å². The Kier molecular flexibility index (Phi) is 6.96. The molecule has 0 saturated heterocycles. The molecule has 2 N–H and O–H groups in total. The van der Waals surface area contributed by atoms with Gasteiger partial charge >= 0.3 is 0 Å². The number of methoxy groups -OCH3 is 1. The van der Waals surface area contributed by atoms with Crippen LogP contribution in [0.15, 0.2) is 42.5 Å². The summed E-state index contributed by atoms with van der Waals surface area (Å²) in [5.74, 6) is 1.84. The van der Waals surface area contributed by atoms with Crippen LogP contribution >= 0.6 is 11.6 Å². The van der Waals surface area contributed by atoms with Crippen LogP contribution in [-0.2, 0) is 17.9 Å². The average molecular weight is 389 g/mol. The molecule has 2 aromatic rings. The van der Waals surface area contributed by atoms with Crippen LogP contribution in [-0.4, -0.2) is 26.1 Å². The first kappa shape index (κ1) is 19.5. The molecule has 6 heteroatoms. The number of carbonyl (C=O) groups is 1. The van der Waals surface area contributed by atoms with Gasteiger partial charge in [0.25, 0.3) is 0 Å². The summed E-state index contributed by atoms with van der Waals surface area (Å²) >= 11 is 5.90. The summed E-state index contributed by atoms with van der Waals surface area (Å²) in [6.07, 6.45) is 2.07. The third-order valence-electron chi connectivity index (χ3n) is 4.41. The zero-order valence-electron chi connectivity index (χ0n) is 15.5. The van der Waals surface area contributed by atoms with E-state index in [4.69, 9.17) is 21.1 Å². The van der Waals surface area contributed by atoms with Crippen molar-refractivity contribution in [3.05, 3.63) is 58.6 Å². The van der Waals surface area contributed by atoms with Crippen molar-refractivity contribution in [3.63, 3.8) is 0 Å². The monoisotopic (exact) mass is 388 g/mol. The highest BCUT2D eigenvalue weighted by molar-refractivity contribution is 6.30. The van der Waals surface area contributed by atoms with Gasteiger partial charge in [0.2, 0.25) is 5.91 Å². The number of hydrogen-bond donors (Lipinski definition) is 2. The minimum atomic E-state index is 0.181. The molecule has 2 aromatic carbocycles. The Labute approximate surface area is 165 Å². The van der Waals surface area contributed by atoms with Gasteiger partial charge in [-0.15, -0.1) is 0 Å². The minimum absolute atomic E-state index is 0.181. The second-order valence-electron chi connectivity index (χ2n) is 6.64. The summed E-state index contributed by atoms with van der Waals surface area (Å²) in [5.41, 5.74) is 2.14. The molecule has 3 rings (SSSR count). The topological polar surface area (TPSA) is 59.6 Å². The fraction of sp³-hybridized carbons (Fsp3) is 0.381. The molecule has 0 radical (unpaired) electrons. The highest BCUT2D eigenvalue weighted by Crippen LogP contribution is 2.29. The van der Waals surface area contributed by atoms with E-state index in [0.717, 1.165) is 30.5 Å². The predicted molar refractivity (Wildman–Crippen MR) is 106 cm³/mol. The van der Waals surface area contributed by atoms with Crippen molar-refractivity contribution in [2.24, 2.45) is 5.92 Å². The molecular weight excluding hydrogens is 364 g/mol. The number of nitrogens with one attached hydrogen (secondary N) is 2. The highest BCUT2D eigenvalue weighted by atomic mass is 35.5. The first-order chi connectivity index (χ1) is 13.2. The maximum Gasteiger partial charge on any atom is 0.223 e. The van der Waals surface area contributed by atoms with Gasteiger partial charge in [-0.2, -0.15) is 0 Å². The normalized spacial score (nSPS) is 13.3. The molecule has 1 amide bonds. The Balaban J connectivity index is 1.44. The maximum atomic E-state index is 11.6. The lowest BCUT2D eigenvalue weighted by Gasteiger charge is -2.13. The van der Waals surface area contributed by atoms with Gasteiger partial charge in [-0.05, 0) is 48.2 Å². The molecule has 0 spiro atoms. The summed E-state index contributed by atoms with van der Waals surface area (Å²) in [6.45, 7) is 2.53. The van der Waals surface area contributed by atoms with E-state index in [1.54, 1.807) is 7.11 Å². The number of ether oxygens (including phenoxy) is 2. The smallest absolute Gasteiger partial charge is 0.223 e. The van der Waals surface area contributed by atoms with Crippen LogP contribution in [0.3, 0.4) is 0 Å². The van der Waals surface area contributed by atoms with Gasteiger partial charge in [-0.3, -0.25) is 4.79 Å². The zero-order valence-corrected chi connectivity index (χ0v) is 16.2. The van der Waals surface area contributed by atoms with E-state index >= 15 is 0 Å². The molecule has 1 fully saturated rings. The summed E-state index contributed by atoms with van der Waals surface area (Å²) < 4.78 is 11.3. The Bertz CT molecular complexity index is 761. The van der Waals surface area contributed by atoms with Gasteiger partial charge in [0.05, 0.1) is 7.11 Å². The number of hydrogen-bond acceptors (Lipinski definition) is 4. The van der Waals surface area contributed by atoms with E-state index in [0.29, 0.717) is 36.2 Å². The molecule has 1 aliphatic carbocycles. The number of rotatable bonds is 10. The van der Waals surface area contributed by atoms with E-state index in [9.17, 15) is 4.79 Å². The maximum absolute atomic E-state index is 11.6. The molecule has 0 bridgehead atoms. The molecule has 0 heterocycles. The van der Waals surface area contributed by atoms with Crippen molar-refractivity contribution in [2.45, 2.75) is 26.0 Å². The van der Waals surface area contributed by atoms with Crippen molar-refractivity contribution in [1.82, 2.24) is 10.6 Å². The highest BCUT2D eigenvalue weighted by Gasteiger charge is 2.28. The molecule has 1 aliphatic rings. The Morgan fingerprint density at radius 1 is 1.07 bits per heavy atom. The molecule has 0 aromatic heterocycles. The average Bonchev–Trinajstić information content (AvgIpc) is 3.53. The largest absolute Gasteiger partial charge is 0.493 e. The van der Waals surface area contributed by atoms with Gasteiger partial charge in [-0.25, -0.2) is 0 Å². The van der Waals surface area contributed by atoms with E-state index in [1.807, 2.05) is 42.5 Å². The van der Waals surface area contributed by atoms with Crippen molar-refractivity contribution in [3.8, 4) is 11.5 Å². The quantitative estimate of drug-likeness (QED) is 0.611. The van der Waals surface area contributed by atoms with Crippen LogP contribution in [0.25, 0.3) is 0 Å². The van der Waals surface area contributed by atoms with Gasteiger partial charge < -0.3 is 20.1 Å². The summed E-state index contributed by atoms with van der Waals surface area (Å²) in [7, 11) is 1.63. The van der Waals surface area contributed by atoms with Gasteiger partial charge in [0, 0.05) is 30.6 Å². The SMILES string of the molecule is COc1cc(CNCCNC(=O)C2CC2)ccc1OCc1ccc(Cl)cc1. The van der Waals surface area contributed by atoms with Gasteiger partial charge in [0.1, 0.15) is 6.61 Å². The predicted octanol–water partition coefficient (Wildman–Crippen LogP) is 3.54. The number of amides is 1. The van der Waals surface area contributed by atoms with Crippen LogP contribution in [0.2, 0.25) is 5.02 Å². The summed E-state index contributed by atoms with van der Waals surface area (Å²) in [4.78, 5) is 11.6. The minimum Gasteiger partial charge on any atom is -0.493 e. The van der Waals surface area contributed by atoms with Crippen molar-refractivity contribution in [2.75, 3.05) is 20.2 Å². The third kappa shape index (κ3) is 6.15. The lowest BCUT2D eigenvalue weighted by atomic mass is 10.2. The van der Waals surface area contributed by atoms with Crippen molar-refractivity contribution >= 4 is 17.5 Å². The van der Waals surface area contributed by atoms with Crippen molar-refractivity contribution in [1.29, 1.82) is 0 Å². The summed E-state index contributed by atoms with van der Waals surface area (Å²) in [5, 5.41) is 6.98. The molecule has 144 valence electrons. The fourth-order valence-corrected chi connectivity index (χ4v) is 2.81. The molecule has 0 atom stereocenters. The Morgan fingerprint density at radius 2 is 1.81 bits per heavy atom. The lowest BCUT2D eigenvalue weighted by Crippen LogP contribution is -2.32. The number of carbonyl (C=O) groups excluding carboxylic acids is 1. The molecule has 5 nitrogen and oxygen atoms in total. The fourth-order valence-electron chi connectivity index (χ4n) is 2.68.